The predicted octanol–water partition coefficient (Wildman–Crippen LogP) is 4.82. The van der Waals surface area contributed by atoms with Gasteiger partial charge in [0, 0.05) is 13.2 Å². The van der Waals surface area contributed by atoms with Crippen molar-refractivity contribution in [1.82, 2.24) is 14.3 Å². The third-order valence-corrected chi connectivity index (χ3v) is 6.63. The first-order chi connectivity index (χ1) is 13.1. The van der Waals surface area contributed by atoms with Crippen LogP contribution in [-0.2, 0) is 17.1 Å². The van der Waals surface area contributed by atoms with Gasteiger partial charge in [-0.15, -0.1) is 0 Å². The van der Waals surface area contributed by atoms with Gasteiger partial charge < -0.3 is 4.57 Å². The molecule has 0 spiro atoms. The zero-order valence-corrected chi connectivity index (χ0v) is 17.9. The van der Waals surface area contributed by atoms with Crippen molar-refractivity contribution in [2.45, 2.75) is 4.90 Å². The topological polar surface area (TPSA) is 81.1 Å². The number of carbonyl (C=O) groups is 1. The summed E-state index contributed by atoms with van der Waals surface area (Å²) in [7, 11) is -2.70. The Labute approximate surface area is 181 Å². The minimum atomic E-state index is -4.32. The molecule has 0 unspecified atom stereocenters. The van der Waals surface area contributed by atoms with Crippen molar-refractivity contribution in [3.63, 3.8) is 0 Å². The molecule has 6 nitrogen and oxygen atoms in total. The number of halogens is 4. The summed E-state index contributed by atoms with van der Waals surface area (Å²) >= 11 is 24.2. The van der Waals surface area contributed by atoms with E-state index in [1.807, 2.05) is 4.72 Å². The summed E-state index contributed by atoms with van der Waals surface area (Å²) < 4.78 is 28.5. The van der Waals surface area contributed by atoms with Crippen LogP contribution in [0.3, 0.4) is 0 Å². The van der Waals surface area contributed by atoms with E-state index < -0.39 is 20.8 Å². The highest BCUT2D eigenvalue weighted by atomic mass is 35.5. The number of nitrogens with one attached hydrogen (secondary N) is 1. The molecule has 11 heteroatoms. The highest BCUT2D eigenvalue weighted by Gasteiger charge is 2.26. The second-order valence-electron chi connectivity index (χ2n) is 5.64. The fourth-order valence-corrected chi connectivity index (χ4v) is 5.16. The Morgan fingerprint density at radius 3 is 2.00 bits per heavy atom. The van der Waals surface area contributed by atoms with E-state index in [4.69, 9.17) is 46.4 Å². The van der Waals surface area contributed by atoms with Crippen LogP contribution in [0.1, 0.15) is 10.5 Å². The van der Waals surface area contributed by atoms with Gasteiger partial charge in [0.25, 0.3) is 15.9 Å². The molecular weight excluding hydrogens is 468 g/mol. The first-order valence-corrected chi connectivity index (χ1v) is 10.6. The van der Waals surface area contributed by atoms with Gasteiger partial charge in [-0.2, -0.15) is 0 Å². The van der Waals surface area contributed by atoms with Gasteiger partial charge in [0.2, 0.25) is 0 Å². The number of aromatic nitrogens is 2. The number of nitrogens with zero attached hydrogens (tertiary/aromatic N) is 2. The summed E-state index contributed by atoms with van der Waals surface area (Å²) in [5.74, 6) is -0.657. The van der Waals surface area contributed by atoms with Crippen molar-refractivity contribution < 1.29 is 13.2 Å². The van der Waals surface area contributed by atoms with E-state index >= 15 is 0 Å². The second kappa shape index (κ2) is 7.93. The van der Waals surface area contributed by atoms with E-state index in [-0.39, 0.29) is 15.7 Å². The van der Waals surface area contributed by atoms with Gasteiger partial charge >= 0.3 is 0 Å². The molecule has 0 fully saturated rings. The number of aryl methyl sites for hydroxylation is 1. The van der Waals surface area contributed by atoms with Crippen LogP contribution in [0.5, 0.6) is 0 Å². The van der Waals surface area contributed by atoms with Gasteiger partial charge in [0.15, 0.2) is 0 Å². The lowest BCUT2D eigenvalue weighted by Crippen LogP contribution is -2.31. The molecule has 0 saturated carbocycles. The molecule has 1 N–H and O–H groups in total. The smallest absolute Gasteiger partial charge is 0.285 e. The summed E-state index contributed by atoms with van der Waals surface area (Å²) in [6, 6.07) is 9.12. The second-order valence-corrected chi connectivity index (χ2v) is 8.89. The maximum Gasteiger partial charge on any atom is 0.285 e. The molecule has 0 aliphatic carbocycles. The standard InChI is InChI=1S/C17H11Cl4N3O3S/c1-24-8-13(22-16(24)14-9(18)4-2-5-10(14)19)17(25)23-28(26,27)15-11(20)6-3-7-12(15)21/h2-8H,1H3,(H,23,25). The highest BCUT2D eigenvalue weighted by Crippen LogP contribution is 2.34. The van der Waals surface area contributed by atoms with Gasteiger partial charge in [-0.25, -0.2) is 18.1 Å². The van der Waals surface area contributed by atoms with Crippen LogP contribution in [0.25, 0.3) is 11.4 Å². The molecule has 0 atom stereocenters. The highest BCUT2D eigenvalue weighted by molar-refractivity contribution is 7.90. The van der Waals surface area contributed by atoms with Crippen molar-refractivity contribution in [2.75, 3.05) is 0 Å². The number of carbonyl (C=O) groups excluding carboxylic acids is 1. The number of hydrogen-bond acceptors (Lipinski definition) is 4. The molecule has 1 amide bonds. The third-order valence-electron chi connectivity index (χ3n) is 3.71. The van der Waals surface area contributed by atoms with E-state index in [0.717, 1.165) is 0 Å². The molecule has 0 saturated heterocycles. The minimum absolute atomic E-state index is 0.114. The zero-order chi connectivity index (χ0) is 20.6. The fourth-order valence-electron chi connectivity index (χ4n) is 2.48. The summed E-state index contributed by atoms with van der Waals surface area (Å²) in [4.78, 5) is 16.3. The SMILES string of the molecule is Cn1cc(C(=O)NS(=O)(=O)c2c(Cl)cccc2Cl)nc1-c1c(Cl)cccc1Cl. The van der Waals surface area contributed by atoms with Crippen LogP contribution in [0.4, 0.5) is 0 Å². The van der Waals surface area contributed by atoms with Gasteiger partial charge in [-0.3, -0.25) is 4.79 Å². The van der Waals surface area contributed by atoms with E-state index in [2.05, 4.69) is 4.98 Å². The first kappa shape index (κ1) is 21.0. The van der Waals surface area contributed by atoms with Gasteiger partial charge in [-0.1, -0.05) is 58.5 Å². The first-order valence-electron chi connectivity index (χ1n) is 7.60. The summed E-state index contributed by atoms with van der Waals surface area (Å²) in [6.45, 7) is 0. The molecule has 0 radical (unpaired) electrons. The average molecular weight is 479 g/mol. The van der Waals surface area contributed by atoms with Crippen LogP contribution in [0, 0.1) is 0 Å². The number of rotatable bonds is 4. The Morgan fingerprint density at radius 2 is 1.46 bits per heavy atom. The largest absolute Gasteiger partial charge is 0.333 e. The van der Waals surface area contributed by atoms with E-state index in [9.17, 15) is 13.2 Å². The van der Waals surface area contributed by atoms with E-state index in [1.54, 1.807) is 25.2 Å². The normalized spacial score (nSPS) is 11.5. The lowest BCUT2D eigenvalue weighted by molar-refractivity contribution is 0.0977. The van der Waals surface area contributed by atoms with Crippen LogP contribution in [0.2, 0.25) is 20.1 Å². The number of hydrogen-bond donors (Lipinski definition) is 1. The van der Waals surface area contributed by atoms with Crippen LogP contribution >= 0.6 is 46.4 Å². The minimum Gasteiger partial charge on any atom is -0.333 e. The van der Waals surface area contributed by atoms with Crippen molar-refractivity contribution in [3.05, 3.63) is 68.4 Å². The molecule has 3 aromatic rings. The summed E-state index contributed by atoms with van der Waals surface area (Å²) in [5.41, 5.74) is 0.268. The quantitative estimate of drug-likeness (QED) is 0.582. The Hall–Kier alpha value is -1.77. The molecule has 0 aliphatic heterocycles. The Kier molecular flexibility index (Phi) is 5.93. The lowest BCUT2D eigenvalue weighted by Gasteiger charge is -2.09. The average Bonchev–Trinajstić information content (AvgIpc) is 2.96. The molecule has 0 aliphatic rings. The number of imidazole rings is 1. The molecule has 28 heavy (non-hydrogen) atoms. The van der Waals surface area contributed by atoms with Crippen molar-refractivity contribution in [1.29, 1.82) is 0 Å². The predicted molar refractivity (Wildman–Crippen MR) is 110 cm³/mol. The van der Waals surface area contributed by atoms with Crippen LogP contribution < -0.4 is 4.72 Å². The van der Waals surface area contributed by atoms with Crippen LogP contribution in [0.15, 0.2) is 47.5 Å². The summed E-state index contributed by atoms with van der Waals surface area (Å²) in [5, 5.41) is 0.446. The Morgan fingerprint density at radius 1 is 0.964 bits per heavy atom. The van der Waals surface area contributed by atoms with Crippen molar-refractivity contribution in [3.8, 4) is 11.4 Å². The van der Waals surface area contributed by atoms with E-state index in [0.29, 0.717) is 21.4 Å². The molecule has 3 rings (SSSR count). The number of sulfonamides is 1. The van der Waals surface area contributed by atoms with Crippen LogP contribution in [-0.4, -0.2) is 23.9 Å². The van der Waals surface area contributed by atoms with Gasteiger partial charge in [-0.05, 0) is 24.3 Å². The molecule has 146 valence electrons. The van der Waals surface area contributed by atoms with Crippen molar-refractivity contribution in [2.24, 2.45) is 7.05 Å². The summed E-state index contributed by atoms with van der Waals surface area (Å²) in [6.07, 6.45) is 1.36. The third kappa shape index (κ3) is 3.99. The zero-order valence-electron chi connectivity index (χ0n) is 14.1. The monoisotopic (exact) mass is 477 g/mol. The molecule has 2 aromatic carbocycles. The molecule has 1 heterocycles. The maximum absolute atomic E-state index is 12.5. The Balaban J connectivity index is 1.97. The lowest BCUT2D eigenvalue weighted by atomic mass is 10.2. The van der Waals surface area contributed by atoms with Crippen molar-refractivity contribution >= 4 is 62.3 Å². The maximum atomic E-state index is 12.5. The molecule has 0 bridgehead atoms. The van der Waals surface area contributed by atoms with E-state index in [1.165, 1.54) is 29.0 Å². The molecular formula is C17H11Cl4N3O3S. The number of benzene rings is 2. The molecule has 1 aromatic heterocycles. The number of amides is 1. The van der Waals surface area contributed by atoms with Gasteiger partial charge in [0.1, 0.15) is 16.4 Å². The fraction of sp³-hybridized carbons (Fsp3) is 0.0588. The Bertz CT molecular complexity index is 1150. The van der Waals surface area contributed by atoms with Gasteiger partial charge in [0.05, 0.1) is 25.7 Å².